The first-order valence-electron chi connectivity index (χ1n) is 6.14. The summed E-state index contributed by atoms with van der Waals surface area (Å²) in [4.78, 5) is 2.41. The summed E-state index contributed by atoms with van der Waals surface area (Å²) in [6.07, 6.45) is 8.20. The van der Waals surface area contributed by atoms with Crippen molar-refractivity contribution in [3.8, 4) is 0 Å². The second kappa shape index (κ2) is 4.63. The van der Waals surface area contributed by atoms with Crippen molar-refractivity contribution in [3.05, 3.63) is 0 Å². The summed E-state index contributed by atoms with van der Waals surface area (Å²) >= 11 is 0. The van der Waals surface area contributed by atoms with Crippen LogP contribution in [0.15, 0.2) is 0 Å². The minimum Gasteiger partial charge on any atom is -0.396 e. The van der Waals surface area contributed by atoms with E-state index in [2.05, 4.69) is 11.9 Å². The fraction of sp³-hybridized carbons (Fsp3) is 1.00. The summed E-state index contributed by atoms with van der Waals surface area (Å²) in [7, 11) is 2.19. The molecule has 0 bridgehead atoms. The Kier molecular flexibility index (Phi) is 3.45. The molecular formula is C12H23NO. The Hall–Kier alpha value is -0.0800. The molecule has 0 radical (unpaired) electrons. The number of aliphatic hydroxyl groups excluding tert-OH is 1. The molecule has 2 fully saturated rings. The molecule has 2 nitrogen and oxygen atoms in total. The van der Waals surface area contributed by atoms with Gasteiger partial charge in [0.2, 0.25) is 0 Å². The molecule has 0 aromatic carbocycles. The highest BCUT2D eigenvalue weighted by Gasteiger charge is 2.36. The molecule has 0 amide bonds. The van der Waals surface area contributed by atoms with Gasteiger partial charge in [-0.1, -0.05) is 32.1 Å². The van der Waals surface area contributed by atoms with Crippen LogP contribution in [0.5, 0.6) is 0 Å². The molecule has 2 atom stereocenters. The van der Waals surface area contributed by atoms with E-state index >= 15 is 0 Å². The highest BCUT2D eigenvalue weighted by atomic mass is 16.3. The molecule has 1 heterocycles. The molecule has 2 unspecified atom stereocenters. The number of rotatable bonds is 3. The maximum absolute atomic E-state index is 9.50. The summed E-state index contributed by atoms with van der Waals surface area (Å²) in [6, 6.07) is 0.683. The minimum absolute atomic E-state index is 0.402. The number of likely N-dealkylation sites (tertiary alicyclic amines) is 1. The van der Waals surface area contributed by atoms with Gasteiger partial charge in [0.25, 0.3) is 0 Å². The average Bonchev–Trinajstić information content (AvgIpc) is 2.24. The molecule has 1 N–H and O–H groups in total. The second-order valence-corrected chi connectivity index (χ2v) is 5.08. The van der Waals surface area contributed by atoms with Gasteiger partial charge in [-0.15, -0.1) is 0 Å². The topological polar surface area (TPSA) is 23.5 Å². The van der Waals surface area contributed by atoms with E-state index < -0.39 is 0 Å². The third-order valence-corrected chi connectivity index (χ3v) is 4.30. The van der Waals surface area contributed by atoms with Crippen molar-refractivity contribution in [3.63, 3.8) is 0 Å². The Balaban J connectivity index is 1.90. The van der Waals surface area contributed by atoms with Crippen LogP contribution in [0.3, 0.4) is 0 Å². The zero-order valence-corrected chi connectivity index (χ0v) is 9.28. The largest absolute Gasteiger partial charge is 0.396 e. The van der Waals surface area contributed by atoms with Crippen molar-refractivity contribution in [2.45, 2.75) is 44.6 Å². The van der Waals surface area contributed by atoms with Crippen molar-refractivity contribution >= 4 is 0 Å². The lowest BCUT2D eigenvalue weighted by Gasteiger charge is -2.46. The fourth-order valence-electron chi connectivity index (χ4n) is 3.22. The van der Waals surface area contributed by atoms with Crippen LogP contribution < -0.4 is 0 Å². The quantitative estimate of drug-likeness (QED) is 0.746. The van der Waals surface area contributed by atoms with Gasteiger partial charge in [-0.3, -0.25) is 0 Å². The molecule has 2 rings (SSSR count). The first-order chi connectivity index (χ1) is 6.83. The van der Waals surface area contributed by atoms with E-state index in [-0.39, 0.29) is 0 Å². The van der Waals surface area contributed by atoms with Gasteiger partial charge in [0.1, 0.15) is 0 Å². The van der Waals surface area contributed by atoms with Gasteiger partial charge in [-0.25, -0.2) is 0 Å². The van der Waals surface area contributed by atoms with Crippen molar-refractivity contribution in [2.24, 2.45) is 11.8 Å². The molecule has 0 aromatic rings. The Labute approximate surface area is 87.3 Å². The van der Waals surface area contributed by atoms with Crippen LogP contribution in [-0.4, -0.2) is 36.2 Å². The molecule has 1 saturated carbocycles. The Morgan fingerprint density at radius 1 is 1.21 bits per heavy atom. The normalized spacial score (nSPS) is 32.6. The molecule has 1 aliphatic carbocycles. The fourth-order valence-corrected chi connectivity index (χ4v) is 3.22. The lowest BCUT2D eigenvalue weighted by Crippen LogP contribution is -2.52. The molecule has 14 heavy (non-hydrogen) atoms. The summed E-state index contributed by atoms with van der Waals surface area (Å²) in [5.41, 5.74) is 0. The maximum atomic E-state index is 9.50. The van der Waals surface area contributed by atoms with Crippen LogP contribution in [0.1, 0.15) is 38.5 Å². The predicted molar refractivity (Wildman–Crippen MR) is 58.2 cm³/mol. The van der Waals surface area contributed by atoms with Gasteiger partial charge in [-0.05, 0) is 25.9 Å². The first-order valence-corrected chi connectivity index (χ1v) is 6.14. The van der Waals surface area contributed by atoms with E-state index in [1.165, 1.54) is 45.1 Å². The highest BCUT2D eigenvalue weighted by Crippen LogP contribution is 2.36. The standard InChI is InChI=1S/C12H23NO/c1-13-8-7-12(13)11(9-14)10-5-3-2-4-6-10/h10-12,14H,2-9H2,1H3. The van der Waals surface area contributed by atoms with Crippen LogP contribution in [-0.2, 0) is 0 Å². The Morgan fingerprint density at radius 2 is 1.93 bits per heavy atom. The van der Waals surface area contributed by atoms with Crippen LogP contribution in [0, 0.1) is 11.8 Å². The van der Waals surface area contributed by atoms with E-state index in [4.69, 9.17) is 0 Å². The lowest BCUT2D eigenvalue weighted by molar-refractivity contribution is 0.00490. The van der Waals surface area contributed by atoms with Gasteiger partial charge in [0.05, 0.1) is 0 Å². The smallest absolute Gasteiger partial charge is 0.0476 e. The molecule has 2 aliphatic rings. The number of nitrogens with zero attached hydrogens (tertiary/aromatic N) is 1. The first kappa shape index (κ1) is 10.4. The Morgan fingerprint density at radius 3 is 2.36 bits per heavy atom. The predicted octanol–water partition coefficient (Wildman–Crippen LogP) is 1.88. The van der Waals surface area contributed by atoms with Gasteiger partial charge in [0.15, 0.2) is 0 Å². The number of aliphatic hydroxyl groups is 1. The zero-order valence-electron chi connectivity index (χ0n) is 9.28. The molecule has 1 aliphatic heterocycles. The number of hydrogen-bond acceptors (Lipinski definition) is 2. The third-order valence-electron chi connectivity index (χ3n) is 4.30. The third kappa shape index (κ3) is 1.96. The van der Waals surface area contributed by atoms with E-state index in [0.717, 1.165) is 5.92 Å². The lowest BCUT2D eigenvalue weighted by atomic mass is 9.74. The summed E-state index contributed by atoms with van der Waals surface area (Å²) in [5, 5.41) is 9.50. The van der Waals surface area contributed by atoms with Crippen LogP contribution in [0.25, 0.3) is 0 Å². The molecule has 0 aromatic heterocycles. The molecule has 1 saturated heterocycles. The molecule has 0 spiro atoms. The molecule has 2 heteroatoms. The van der Waals surface area contributed by atoms with Crippen molar-refractivity contribution in [2.75, 3.05) is 20.2 Å². The highest BCUT2D eigenvalue weighted by molar-refractivity contribution is 4.90. The Bertz CT molecular complexity index is 177. The van der Waals surface area contributed by atoms with Gasteiger partial charge in [0, 0.05) is 18.6 Å². The monoisotopic (exact) mass is 197 g/mol. The van der Waals surface area contributed by atoms with Crippen LogP contribution >= 0.6 is 0 Å². The van der Waals surface area contributed by atoms with Crippen molar-refractivity contribution in [1.29, 1.82) is 0 Å². The molecule has 82 valence electrons. The minimum atomic E-state index is 0.402. The van der Waals surface area contributed by atoms with E-state index in [0.29, 0.717) is 18.6 Å². The van der Waals surface area contributed by atoms with Gasteiger partial charge in [-0.2, -0.15) is 0 Å². The average molecular weight is 197 g/mol. The zero-order chi connectivity index (χ0) is 9.97. The summed E-state index contributed by atoms with van der Waals surface area (Å²) < 4.78 is 0. The SMILES string of the molecule is CN1CCC1C(CO)C1CCCCC1. The van der Waals surface area contributed by atoms with Gasteiger partial charge < -0.3 is 10.0 Å². The molecular weight excluding hydrogens is 174 g/mol. The summed E-state index contributed by atoms with van der Waals surface area (Å²) in [6.45, 7) is 1.63. The van der Waals surface area contributed by atoms with E-state index in [1.54, 1.807) is 0 Å². The second-order valence-electron chi connectivity index (χ2n) is 5.08. The summed E-state index contributed by atoms with van der Waals surface area (Å²) in [5.74, 6) is 1.37. The van der Waals surface area contributed by atoms with Crippen molar-refractivity contribution in [1.82, 2.24) is 4.90 Å². The maximum Gasteiger partial charge on any atom is 0.0476 e. The van der Waals surface area contributed by atoms with Gasteiger partial charge >= 0.3 is 0 Å². The van der Waals surface area contributed by atoms with Crippen LogP contribution in [0.2, 0.25) is 0 Å². The van der Waals surface area contributed by atoms with Crippen LogP contribution in [0.4, 0.5) is 0 Å². The van der Waals surface area contributed by atoms with Crippen molar-refractivity contribution < 1.29 is 5.11 Å². The number of hydrogen-bond donors (Lipinski definition) is 1. The van der Waals surface area contributed by atoms with E-state index in [1.807, 2.05) is 0 Å². The van der Waals surface area contributed by atoms with E-state index in [9.17, 15) is 5.11 Å².